The Hall–Kier alpha value is -1.86. The minimum absolute atomic E-state index is 0.0297. The number of benzene rings is 1. The van der Waals surface area contributed by atoms with Crippen molar-refractivity contribution in [1.29, 1.82) is 0 Å². The van der Waals surface area contributed by atoms with Crippen LogP contribution in [-0.4, -0.2) is 46.2 Å². The Morgan fingerprint density at radius 1 is 1.31 bits per heavy atom. The van der Waals surface area contributed by atoms with E-state index in [-0.39, 0.29) is 11.9 Å². The number of carbonyl (C=O) groups is 1. The molecular weight excluding hydrogens is 348 g/mol. The summed E-state index contributed by atoms with van der Waals surface area (Å²) in [6.45, 7) is 7.42. The third kappa shape index (κ3) is 5.57. The lowest BCUT2D eigenvalue weighted by molar-refractivity contribution is -0.119. The molecule has 1 heterocycles. The molecule has 6 nitrogen and oxygen atoms in total. The number of hydrogen-bond acceptors (Lipinski definition) is 5. The lowest BCUT2D eigenvalue weighted by atomic mass is 10.1. The Morgan fingerprint density at radius 2 is 2.08 bits per heavy atom. The van der Waals surface area contributed by atoms with Crippen molar-refractivity contribution in [3.05, 3.63) is 29.8 Å². The van der Waals surface area contributed by atoms with E-state index in [4.69, 9.17) is 4.74 Å². The van der Waals surface area contributed by atoms with Crippen LogP contribution in [0.25, 0.3) is 11.4 Å². The van der Waals surface area contributed by atoms with Crippen molar-refractivity contribution in [2.75, 3.05) is 19.5 Å². The smallest absolute Gasteiger partial charge is 0.230 e. The molecule has 0 saturated heterocycles. The normalized spacial score (nSPS) is 11.1. The molecule has 0 aliphatic rings. The fraction of sp³-hybridized carbons (Fsp3) is 0.526. The molecule has 1 aromatic heterocycles. The average molecular weight is 377 g/mol. The van der Waals surface area contributed by atoms with Gasteiger partial charge in [-0.25, -0.2) is 0 Å². The van der Waals surface area contributed by atoms with Gasteiger partial charge < -0.3 is 10.1 Å². The number of methoxy groups -OCH3 is 1. The van der Waals surface area contributed by atoms with Gasteiger partial charge in [-0.1, -0.05) is 49.4 Å². The molecular formula is C19H28N4O2S. The fourth-order valence-corrected chi connectivity index (χ4v) is 3.45. The summed E-state index contributed by atoms with van der Waals surface area (Å²) in [5, 5.41) is 12.5. The highest BCUT2D eigenvalue weighted by Gasteiger charge is 2.16. The Labute approximate surface area is 159 Å². The number of aryl methyl sites for hydroxylation is 1. The van der Waals surface area contributed by atoms with Crippen LogP contribution in [0.5, 0.6) is 0 Å². The molecule has 0 atom stereocenters. The number of hydrogen-bond donors (Lipinski definition) is 1. The zero-order valence-electron chi connectivity index (χ0n) is 16.0. The van der Waals surface area contributed by atoms with Gasteiger partial charge in [0.25, 0.3) is 0 Å². The molecule has 2 aromatic rings. The summed E-state index contributed by atoms with van der Waals surface area (Å²) in [5.74, 6) is 1.16. The van der Waals surface area contributed by atoms with E-state index in [2.05, 4.69) is 48.4 Å². The first-order valence-electron chi connectivity index (χ1n) is 9.00. The van der Waals surface area contributed by atoms with Crippen LogP contribution in [0.2, 0.25) is 0 Å². The van der Waals surface area contributed by atoms with E-state index in [1.165, 1.54) is 17.3 Å². The summed E-state index contributed by atoms with van der Waals surface area (Å²) in [7, 11) is 1.67. The molecule has 1 aromatic carbocycles. The number of ether oxygens (including phenoxy) is 1. The molecule has 26 heavy (non-hydrogen) atoms. The monoisotopic (exact) mass is 376 g/mol. The van der Waals surface area contributed by atoms with E-state index in [0.717, 1.165) is 29.4 Å². The molecule has 1 N–H and O–H groups in total. The Bertz CT molecular complexity index is 713. The number of carbonyl (C=O) groups excluding carboxylic acids is 1. The molecule has 1 amide bonds. The maximum Gasteiger partial charge on any atom is 0.230 e. The number of aromatic nitrogens is 3. The Morgan fingerprint density at radius 3 is 2.73 bits per heavy atom. The summed E-state index contributed by atoms with van der Waals surface area (Å²) < 4.78 is 7.25. The molecule has 0 fully saturated rings. The molecule has 0 aliphatic heterocycles. The van der Waals surface area contributed by atoms with Crippen LogP contribution in [0, 0.1) is 6.92 Å². The van der Waals surface area contributed by atoms with Crippen LogP contribution < -0.4 is 5.32 Å². The second-order valence-electron chi connectivity index (χ2n) is 6.19. The van der Waals surface area contributed by atoms with Crippen LogP contribution >= 0.6 is 11.8 Å². The van der Waals surface area contributed by atoms with E-state index in [1.807, 2.05) is 16.7 Å². The largest absolute Gasteiger partial charge is 0.383 e. The maximum absolute atomic E-state index is 12.2. The lowest BCUT2D eigenvalue weighted by Crippen LogP contribution is -2.35. The lowest BCUT2D eigenvalue weighted by Gasteiger charge is -2.14. The second-order valence-corrected chi connectivity index (χ2v) is 7.13. The van der Waals surface area contributed by atoms with E-state index in [1.54, 1.807) is 7.11 Å². The molecule has 142 valence electrons. The van der Waals surface area contributed by atoms with E-state index >= 15 is 0 Å². The summed E-state index contributed by atoms with van der Waals surface area (Å²) in [4.78, 5) is 12.2. The summed E-state index contributed by atoms with van der Waals surface area (Å²) in [6.07, 6.45) is 1.88. The van der Waals surface area contributed by atoms with Gasteiger partial charge in [-0.15, -0.1) is 10.2 Å². The van der Waals surface area contributed by atoms with Gasteiger partial charge in [-0.05, 0) is 25.8 Å². The van der Waals surface area contributed by atoms with Crippen molar-refractivity contribution in [1.82, 2.24) is 20.1 Å². The van der Waals surface area contributed by atoms with Crippen molar-refractivity contribution in [2.45, 2.75) is 51.4 Å². The van der Waals surface area contributed by atoms with Crippen LogP contribution in [0.4, 0.5) is 0 Å². The molecule has 0 aliphatic carbocycles. The number of thioether (sulfide) groups is 1. The van der Waals surface area contributed by atoms with E-state index in [0.29, 0.717) is 18.9 Å². The SMILES string of the molecule is CCC(CC)NC(=O)CSc1nnc(-c2cccc(C)c2)n1CCOC. The van der Waals surface area contributed by atoms with Crippen LogP contribution in [-0.2, 0) is 16.1 Å². The molecule has 7 heteroatoms. The van der Waals surface area contributed by atoms with Crippen molar-refractivity contribution < 1.29 is 9.53 Å². The van der Waals surface area contributed by atoms with Crippen LogP contribution in [0.15, 0.2) is 29.4 Å². The quantitative estimate of drug-likeness (QED) is 0.644. The topological polar surface area (TPSA) is 69.0 Å². The molecule has 0 radical (unpaired) electrons. The first kappa shape index (κ1) is 20.5. The van der Waals surface area contributed by atoms with Gasteiger partial charge in [0.1, 0.15) is 0 Å². The predicted octanol–water partition coefficient (Wildman–Crippen LogP) is 3.30. The fourth-order valence-electron chi connectivity index (χ4n) is 2.67. The zero-order chi connectivity index (χ0) is 18.9. The molecule has 2 rings (SSSR count). The van der Waals surface area contributed by atoms with Crippen molar-refractivity contribution in [3.8, 4) is 11.4 Å². The van der Waals surface area contributed by atoms with Gasteiger partial charge in [0, 0.05) is 18.7 Å². The van der Waals surface area contributed by atoms with Crippen molar-refractivity contribution in [3.63, 3.8) is 0 Å². The standard InChI is InChI=1S/C19H28N4O2S/c1-5-16(6-2)20-17(24)13-26-19-22-21-18(23(19)10-11-25-4)15-9-7-8-14(3)12-15/h7-9,12,16H,5-6,10-11,13H2,1-4H3,(H,20,24). The highest BCUT2D eigenvalue weighted by molar-refractivity contribution is 7.99. The number of amides is 1. The number of nitrogens with zero attached hydrogens (tertiary/aromatic N) is 3. The Balaban J connectivity index is 2.14. The zero-order valence-corrected chi connectivity index (χ0v) is 16.8. The van der Waals surface area contributed by atoms with Gasteiger partial charge in [-0.2, -0.15) is 0 Å². The number of nitrogens with one attached hydrogen (secondary N) is 1. The third-order valence-corrected chi connectivity index (χ3v) is 5.16. The first-order valence-corrected chi connectivity index (χ1v) is 9.98. The molecule has 0 bridgehead atoms. The van der Waals surface area contributed by atoms with Crippen LogP contribution in [0.1, 0.15) is 32.3 Å². The highest BCUT2D eigenvalue weighted by Crippen LogP contribution is 2.24. The highest BCUT2D eigenvalue weighted by atomic mass is 32.2. The van der Waals surface area contributed by atoms with E-state index < -0.39 is 0 Å². The van der Waals surface area contributed by atoms with Gasteiger partial charge in [0.2, 0.25) is 5.91 Å². The Kier molecular flexibility index (Phi) is 8.12. The first-order chi connectivity index (χ1) is 12.6. The van der Waals surface area contributed by atoms with Crippen molar-refractivity contribution in [2.24, 2.45) is 0 Å². The van der Waals surface area contributed by atoms with Crippen molar-refractivity contribution >= 4 is 17.7 Å². The minimum Gasteiger partial charge on any atom is -0.383 e. The second kappa shape index (κ2) is 10.3. The summed E-state index contributed by atoms with van der Waals surface area (Å²) >= 11 is 1.41. The predicted molar refractivity (Wildman–Crippen MR) is 105 cm³/mol. The minimum atomic E-state index is 0.0297. The molecule has 0 spiro atoms. The van der Waals surface area contributed by atoms with E-state index in [9.17, 15) is 4.79 Å². The number of rotatable bonds is 10. The summed E-state index contributed by atoms with van der Waals surface area (Å²) in [5.41, 5.74) is 2.18. The molecule has 0 saturated carbocycles. The van der Waals surface area contributed by atoms with Gasteiger partial charge in [0.15, 0.2) is 11.0 Å². The van der Waals surface area contributed by atoms with Gasteiger partial charge in [-0.3, -0.25) is 9.36 Å². The van der Waals surface area contributed by atoms with Crippen LogP contribution in [0.3, 0.4) is 0 Å². The van der Waals surface area contributed by atoms with Gasteiger partial charge in [0.05, 0.1) is 18.9 Å². The summed E-state index contributed by atoms with van der Waals surface area (Å²) in [6, 6.07) is 8.40. The maximum atomic E-state index is 12.2. The molecule has 0 unspecified atom stereocenters. The third-order valence-electron chi connectivity index (χ3n) is 4.20. The average Bonchev–Trinajstić information content (AvgIpc) is 3.05. The van der Waals surface area contributed by atoms with Gasteiger partial charge >= 0.3 is 0 Å².